The van der Waals surface area contributed by atoms with Crippen LogP contribution in [0.25, 0.3) is 22.3 Å². The molecule has 0 saturated carbocycles. The van der Waals surface area contributed by atoms with E-state index in [-0.39, 0.29) is 24.5 Å². The number of ketones is 1. The van der Waals surface area contributed by atoms with E-state index in [0.717, 1.165) is 11.1 Å². The molecule has 60 heavy (non-hydrogen) atoms. The number of rotatable bonds is 13. The number of phenols is 1. The molecule has 0 unspecified atom stereocenters. The molecule has 1 aliphatic rings. The molecule has 0 fully saturated rings. The fraction of sp³-hybridized carbons (Fsp3) is 0.318. The number of amides is 5. The van der Waals surface area contributed by atoms with E-state index in [1.807, 2.05) is 12.1 Å². The molecule has 4 aromatic rings. The molecule has 0 aromatic heterocycles. The Morgan fingerprint density at radius 1 is 0.900 bits per heavy atom. The molecule has 5 amide bonds. The van der Waals surface area contributed by atoms with Gasteiger partial charge in [0.05, 0.1) is 11.9 Å². The van der Waals surface area contributed by atoms with Crippen molar-refractivity contribution < 1.29 is 33.9 Å². The van der Waals surface area contributed by atoms with E-state index in [1.165, 1.54) is 31.9 Å². The molecule has 316 valence electrons. The number of halogens is 3. The van der Waals surface area contributed by atoms with E-state index in [4.69, 9.17) is 28.9 Å². The van der Waals surface area contributed by atoms with Crippen molar-refractivity contribution in [3.8, 4) is 28.0 Å². The number of fused-ring (bicyclic) bond motifs is 5. The van der Waals surface area contributed by atoms with Crippen LogP contribution in [0.5, 0.6) is 5.75 Å². The Morgan fingerprint density at radius 2 is 1.57 bits per heavy atom. The van der Waals surface area contributed by atoms with Crippen molar-refractivity contribution in [2.45, 2.75) is 69.7 Å². The molecule has 0 aliphatic carbocycles. The van der Waals surface area contributed by atoms with Gasteiger partial charge in [-0.2, -0.15) is 0 Å². The van der Waals surface area contributed by atoms with Gasteiger partial charge in [-0.1, -0.05) is 48.0 Å². The first-order chi connectivity index (χ1) is 28.6. The number of alkyl halides is 1. The van der Waals surface area contributed by atoms with E-state index in [0.29, 0.717) is 55.8 Å². The number of nitrogens with one attached hydrogen (secondary N) is 4. The Hall–Kier alpha value is -5.03. The van der Waals surface area contributed by atoms with E-state index >= 15 is 0 Å². The summed E-state index contributed by atoms with van der Waals surface area (Å²) in [5.74, 6) is -3.98. The molecule has 0 radical (unpaired) electrons. The number of nitrogens with two attached hydrogens (primary N) is 1. The van der Waals surface area contributed by atoms with Gasteiger partial charge in [-0.05, 0) is 139 Å². The maximum Gasteiger partial charge on any atom is 0.251 e. The Balaban J connectivity index is 1.49. The standard InChI is InChI=1S/C44H47Cl2IN6O7/c1-24(38(55)23-45)49-42(58)36-21-26-7-18-37(54)33(20-26)32-22-30(14-17-34(32)47)39(43(59)50-25(2)40(56)52-36)53(3)44(60)35(6-4-5-19-48)51-41(57)29-10-8-27(9-11-29)28-12-15-31(46)16-13-28/h7-18,20,22,24-25,35-36,39,54H,4-6,19,21,23,48H2,1-3H3,(H,49,58)(H,50,59)(H,51,57)(H,52,56)/t24-,25-,35-,36-,39-/m0/s1. The lowest BCUT2D eigenvalue weighted by Crippen LogP contribution is -2.57. The lowest BCUT2D eigenvalue weighted by molar-refractivity contribution is -0.141. The largest absolute Gasteiger partial charge is 0.507 e. The highest BCUT2D eigenvalue weighted by molar-refractivity contribution is 14.1. The summed E-state index contributed by atoms with van der Waals surface area (Å²) in [6.07, 6.45) is 1.29. The molecule has 7 N–H and O–H groups in total. The molecule has 0 saturated heterocycles. The number of phenolic OH excluding ortho intramolecular Hbond substituents is 1. The quantitative estimate of drug-likeness (QED) is 0.0592. The average Bonchev–Trinajstić information content (AvgIpc) is 3.23. The van der Waals surface area contributed by atoms with Gasteiger partial charge in [-0.3, -0.25) is 28.8 Å². The highest BCUT2D eigenvalue weighted by Gasteiger charge is 2.36. The van der Waals surface area contributed by atoms with E-state index in [2.05, 4.69) is 43.9 Å². The Bertz CT molecular complexity index is 2240. The zero-order valence-corrected chi connectivity index (χ0v) is 36.9. The molecule has 5 rings (SSSR count). The number of benzene rings is 4. The van der Waals surface area contributed by atoms with Crippen LogP contribution in [0.2, 0.25) is 5.02 Å². The molecule has 0 spiro atoms. The highest BCUT2D eigenvalue weighted by atomic mass is 127. The summed E-state index contributed by atoms with van der Waals surface area (Å²) in [5, 5.41) is 22.6. The summed E-state index contributed by atoms with van der Waals surface area (Å²) in [4.78, 5) is 83.3. The molecular weight excluding hydrogens is 922 g/mol. The third kappa shape index (κ3) is 11.4. The Morgan fingerprint density at radius 3 is 2.22 bits per heavy atom. The van der Waals surface area contributed by atoms with Crippen LogP contribution < -0.4 is 27.0 Å². The summed E-state index contributed by atoms with van der Waals surface area (Å²) in [6, 6.07) is 18.4. The number of hydrogen-bond acceptors (Lipinski definition) is 8. The fourth-order valence-corrected chi connectivity index (χ4v) is 7.81. The second-order valence-electron chi connectivity index (χ2n) is 14.7. The normalized spacial score (nSPS) is 17.6. The topological polar surface area (TPSA) is 200 Å². The second kappa shape index (κ2) is 21.0. The number of nitrogens with zero attached hydrogens (tertiary/aromatic N) is 1. The first-order valence-electron chi connectivity index (χ1n) is 19.4. The van der Waals surface area contributed by atoms with Crippen molar-refractivity contribution in [1.29, 1.82) is 0 Å². The van der Waals surface area contributed by atoms with E-state index in [1.54, 1.807) is 66.7 Å². The number of likely N-dealkylation sites (N-methyl/N-ethyl adjacent to an activating group) is 1. The molecular formula is C44H47Cl2IN6O7. The first-order valence-corrected chi connectivity index (χ1v) is 21.4. The number of aromatic hydroxyl groups is 1. The van der Waals surface area contributed by atoms with Crippen LogP contribution in [0.1, 0.15) is 60.6 Å². The van der Waals surface area contributed by atoms with Crippen molar-refractivity contribution in [1.82, 2.24) is 26.2 Å². The minimum Gasteiger partial charge on any atom is -0.507 e. The fourth-order valence-electron chi connectivity index (χ4n) is 6.83. The molecule has 4 aromatic carbocycles. The van der Waals surface area contributed by atoms with Crippen LogP contribution in [0, 0.1) is 3.57 Å². The van der Waals surface area contributed by atoms with Crippen molar-refractivity contribution in [2.75, 3.05) is 19.5 Å². The van der Waals surface area contributed by atoms with Crippen LogP contribution in [0.3, 0.4) is 0 Å². The summed E-state index contributed by atoms with van der Waals surface area (Å²) in [7, 11) is 1.45. The number of Topliss-reactive ketones (excluding diaryl/α,β-unsaturated/α-hetero) is 1. The van der Waals surface area contributed by atoms with Crippen LogP contribution in [-0.4, -0.2) is 89.0 Å². The maximum atomic E-state index is 14.6. The van der Waals surface area contributed by atoms with Crippen molar-refractivity contribution in [2.24, 2.45) is 5.73 Å². The highest BCUT2D eigenvalue weighted by Crippen LogP contribution is 2.36. The van der Waals surface area contributed by atoms with Crippen LogP contribution in [0.15, 0.2) is 84.9 Å². The van der Waals surface area contributed by atoms with Crippen molar-refractivity contribution in [3.05, 3.63) is 110 Å². The van der Waals surface area contributed by atoms with Crippen LogP contribution in [0.4, 0.5) is 0 Å². The molecule has 5 atom stereocenters. The van der Waals surface area contributed by atoms with Crippen LogP contribution in [-0.2, 0) is 30.4 Å². The SMILES string of the molecule is C[C@H](NC(=O)[C@@H]1Cc2ccc(O)c(c2)-c2cc(ccc2I)[C@H](N(C)C(=O)[C@H](CCCCN)NC(=O)c2ccc(-c3ccc(Cl)cc3)cc2)C(=O)N[C@@H](C)C(=O)N1)C(=O)CCl. The minimum absolute atomic E-state index is 0.0206. The van der Waals surface area contributed by atoms with Gasteiger partial charge in [-0.25, -0.2) is 0 Å². The molecule has 1 heterocycles. The number of hydrogen-bond donors (Lipinski definition) is 6. The number of carbonyl (C=O) groups excluding carboxylic acids is 6. The monoisotopic (exact) mass is 968 g/mol. The van der Waals surface area contributed by atoms with Crippen molar-refractivity contribution >= 4 is 81.1 Å². The predicted molar refractivity (Wildman–Crippen MR) is 239 cm³/mol. The summed E-state index contributed by atoms with van der Waals surface area (Å²) in [6.45, 7) is 3.30. The Labute approximate surface area is 372 Å². The third-order valence-electron chi connectivity index (χ3n) is 10.3. The van der Waals surface area contributed by atoms with Gasteiger partial charge < -0.3 is 37.0 Å². The van der Waals surface area contributed by atoms with Gasteiger partial charge in [0.15, 0.2) is 5.78 Å². The van der Waals surface area contributed by atoms with Crippen molar-refractivity contribution in [3.63, 3.8) is 0 Å². The molecule has 4 bridgehead atoms. The first kappa shape index (κ1) is 46.0. The van der Waals surface area contributed by atoms with Gasteiger partial charge in [-0.15, -0.1) is 11.6 Å². The second-order valence-corrected chi connectivity index (χ2v) is 16.5. The van der Waals surface area contributed by atoms with Gasteiger partial charge in [0, 0.05) is 33.2 Å². The summed E-state index contributed by atoms with van der Waals surface area (Å²) < 4.78 is 0.711. The van der Waals surface area contributed by atoms with Gasteiger partial charge in [0.1, 0.15) is 29.9 Å². The summed E-state index contributed by atoms with van der Waals surface area (Å²) in [5.41, 5.74) is 9.75. The molecule has 16 heteroatoms. The Kier molecular flexibility index (Phi) is 16.1. The zero-order valence-electron chi connectivity index (χ0n) is 33.3. The summed E-state index contributed by atoms with van der Waals surface area (Å²) >= 11 is 13.9. The third-order valence-corrected chi connectivity index (χ3v) is 11.8. The van der Waals surface area contributed by atoms with Gasteiger partial charge >= 0.3 is 0 Å². The van der Waals surface area contributed by atoms with E-state index < -0.39 is 65.5 Å². The predicted octanol–water partition coefficient (Wildman–Crippen LogP) is 5.27. The molecule has 1 aliphatic heterocycles. The average molecular weight is 970 g/mol. The maximum absolute atomic E-state index is 14.6. The van der Waals surface area contributed by atoms with Gasteiger partial charge in [0.2, 0.25) is 23.6 Å². The van der Waals surface area contributed by atoms with Gasteiger partial charge in [0.25, 0.3) is 5.91 Å². The lowest BCUT2D eigenvalue weighted by atomic mass is 9.94. The smallest absolute Gasteiger partial charge is 0.251 e. The number of unbranched alkanes of at least 4 members (excludes halogenated alkanes) is 1. The van der Waals surface area contributed by atoms with Crippen LogP contribution >= 0.6 is 45.8 Å². The zero-order chi connectivity index (χ0) is 43.7. The van der Waals surface area contributed by atoms with E-state index in [9.17, 15) is 33.9 Å². The lowest BCUT2D eigenvalue weighted by Gasteiger charge is -2.32. The number of carbonyl (C=O) groups is 6. The molecule has 13 nitrogen and oxygen atoms in total. The minimum atomic E-state index is -1.33.